The number of nitrogens with zero attached hydrogens (tertiary/aromatic N) is 3. The van der Waals surface area contributed by atoms with E-state index in [1.165, 1.54) is 10.7 Å². The second-order valence-corrected chi connectivity index (χ2v) is 5.21. The van der Waals surface area contributed by atoms with Gasteiger partial charge in [0, 0.05) is 10.4 Å². The van der Waals surface area contributed by atoms with Crippen molar-refractivity contribution in [3.05, 3.63) is 40.1 Å². The Balaban J connectivity index is 2.21. The van der Waals surface area contributed by atoms with Crippen LogP contribution in [0, 0.1) is 5.82 Å². The molecule has 0 aliphatic heterocycles. The molecule has 19 heavy (non-hydrogen) atoms. The normalized spacial score (nSPS) is 14.6. The summed E-state index contributed by atoms with van der Waals surface area (Å²) in [5.74, 6) is -1.33. The third-order valence-corrected chi connectivity index (χ3v) is 3.56. The van der Waals surface area contributed by atoms with Crippen molar-refractivity contribution in [2.24, 2.45) is 0 Å². The lowest BCUT2D eigenvalue weighted by molar-refractivity contribution is 0.0683. The number of carbonyl (C=O) groups is 1. The first-order valence-corrected chi connectivity index (χ1v) is 6.52. The van der Waals surface area contributed by atoms with Crippen LogP contribution in [0.15, 0.2) is 22.7 Å². The summed E-state index contributed by atoms with van der Waals surface area (Å²) in [6, 6.07) is 4.55. The number of aromatic carboxylic acids is 1. The fraction of sp³-hybridized carbons (Fsp3) is 0.250. The van der Waals surface area contributed by atoms with Gasteiger partial charge in [-0.2, -0.15) is 0 Å². The van der Waals surface area contributed by atoms with Gasteiger partial charge in [-0.15, -0.1) is 5.10 Å². The molecular weight excluding hydrogens is 317 g/mol. The van der Waals surface area contributed by atoms with Crippen LogP contribution in [0.2, 0.25) is 0 Å². The van der Waals surface area contributed by atoms with E-state index in [4.69, 9.17) is 5.11 Å². The van der Waals surface area contributed by atoms with Crippen molar-refractivity contribution in [3.8, 4) is 5.69 Å². The van der Waals surface area contributed by atoms with Crippen LogP contribution in [0.3, 0.4) is 0 Å². The predicted molar refractivity (Wildman–Crippen MR) is 68.0 cm³/mol. The number of carboxylic acids is 1. The Morgan fingerprint density at radius 2 is 2.21 bits per heavy atom. The molecule has 1 aromatic heterocycles. The molecule has 7 heteroatoms. The standard InChI is InChI=1S/C12H9BrFN3O2/c13-7-2-1-3-8(14)9(7)17-11(6-4-5-6)15-10(16-17)12(18)19/h1-3,6H,4-5H2,(H,18,19). The molecule has 1 heterocycles. The van der Waals surface area contributed by atoms with Crippen LogP contribution in [0.1, 0.15) is 35.2 Å². The molecule has 0 bridgehead atoms. The predicted octanol–water partition coefficient (Wildman–Crippen LogP) is 2.74. The Kier molecular flexibility index (Phi) is 2.85. The van der Waals surface area contributed by atoms with Gasteiger partial charge in [-0.05, 0) is 40.9 Å². The third-order valence-electron chi connectivity index (χ3n) is 2.92. The highest BCUT2D eigenvalue weighted by Gasteiger charge is 2.32. The van der Waals surface area contributed by atoms with E-state index in [9.17, 15) is 9.18 Å². The van der Waals surface area contributed by atoms with Crippen LogP contribution in [0.25, 0.3) is 5.69 Å². The van der Waals surface area contributed by atoms with Crippen molar-refractivity contribution in [2.75, 3.05) is 0 Å². The first-order valence-electron chi connectivity index (χ1n) is 5.72. The van der Waals surface area contributed by atoms with Gasteiger partial charge in [0.2, 0.25) is 0 Å². The molecule has 3 rings (SSSR count). The summed E-state index contributed by atoms with van der Waals surface area (Å²) in [6.45, 7) is 0. The van der Waals surface area contributed by atoms with Gasteiger partial charge in [0.1, 0.15) is 17.3 Å². The SMILES string of the molecule is O=C(O)c1nc(C2CC2)n(-c2c(F)cccc2Br)n1. The number of hydrogen-bond acceptors (Lipinski definition) is 3. The Bertz CT molecular complexity index is 647. The van der Waals surface area contributed by atoms with Gasteiger partial charge in [-0.1, -0.05) is 6.07 Å². The van der Waals surface area contributed by atoms with Crippen LogP contribution in [0.4, 0.5) is 4.39 Å². The summed E-state index contributed by atoms with van der Waals surface area (Å²) < 4.78 is 15.7. The second-order valence-electron chi connectivity index (χ2n) is 4.36. The minimum absolute atomic E-state index is 0.159. The number of hydrogen-bond donors (Lipinski definition) is 1. The van der Waals surface area contributed by atoms with E-state index in [0.717, 1.165) is 12.8 Å². The fourth-order valence-corrected chi connectivity index (χ4v) is 2.39. The number of carboxylic acid groups (broad SMARTS) is 1. The molecule has 1 fully saturated rings. The maximum absolute atomic E-state index is 13.9. The summed E-state index contributed by atoms with van der Waals surface area (Å²) in [6.07, 6.45) is 1.84. The van der Waals surface area contributed by atoms with Crippen molar-refractivity contribution in [1.29, 1.82) is 0 Å². The van der Waals surface area contributed by atoms with Crippen LogP contribution in [-0.4, -0.2) is 25.8 Å². The molecule has 0 unspecified atom stereocenters. The van der Waals surface area contributed by atoms with Gasteiger partial charge in [0.25, 0.3) is 5.82 Å². The molecule has 0 spiro atoms. The van der Waals surface area contributed by atoms with E-state index in [-0.39, 0.29) is 17.4 Å². The van der Waals surface area contributed by atoms with E-state index in [1.807, 2.05) is 0 Å². The summed E-state index contributed by atoms with van der Waals surface area (Å²) in [4.78, 5) is 15.0. The smallest absolute Gasteiger partial charge is 0.375 e. The van der Waals surface area contributed by atoms with Gasteiger partial charge < -0.3 is 5.11 Å². The lowest BCUT2D eigenvalue weighted by Crippen LogP contribution is -2.06. The maximum atomic E-state index is 13.9. The molecule has 98 valence electrons. The number of rotatable bonds is 3. The van der Waals surface area contributed by atoms with Crippen LogP contribution < -0.4 is 0 Å². The van der Waals surface area contributed by atoms with Gasteiger partial charge in [-0.3, -0.25) is 0 Å². The zero-order valence-electron chi connectivity index (χ0n) is 9.68. The lowest BCUT2D eigenvalue weighted by Gasteiger charge is -2.08. The average Bonchev–Trinajstić information content (AvgIpc) is 3.10. The van der Waals surface area contributed by atoms with Crippen molar-refractivity contribution < 1.29 is 14.3 Å². The van der Waals surface area contributed by atoms with Crippen LogP contribution in [-0.2, 0) is 0 Å². The molecule has 1 N–H and O–H groups in total. The average molecular weight is 326 g/mol. The van der Waals surface area contributed by atoms with Crippen molar-refractivity contribution in [3.63, 3.8) is 0 Å². The highest BCUT2D eigenvalue weighted by molar-refractivity contribution is 9.10. The molecule has 1 aromatic carbocycles. The zero-order chi connectivity index (χ0) is 13.6. The topological polar surface area (TPSA) is 68.0 Å². The van der Waals surface area contributed by atoms with Gasteiger partial charge >= 0.3 is 5.97 Å². The van der Waals surface area contributed by atoms with Crippen molar-refractivity contribution in [2.45, 2.75) is 18.8 Å². The zero-order valence-corrected chi connectivity index (χ0v) is 11.3. The molecule has 2 aromatic rings. The summed E-state index contributed by atoms with van der Waals surface area (Å²) in [5, 5.41) is 12.9. The summed E-state index contributed by atoms with van der Waals surface area (Å²) in [5.41, 5.74) is 0.199. The molecule has 0 radical (unpaired) electrons. The molecule has 0 saturated heterocycles. The number of aromatic nitrogens is 3. The molecule has 1 aliphatic carbocycles. The van der Waals surface area contributed by atoms with Gasteiger partial charge in [0.05, 0.1) is 0 Å². The minimum Gasteiger partial charge on any atom is -0.475 e. The van der Waals surface area contributed by atoms with Crippen LogP contribution >= 0.6 is 15.9 Å². The lowest BCUT2D eigenvalue weighted by atomic mass is 10.3. The monoisotopic (exact) mass is 325 g/mol. The van der Waals surface area contributed by atoms with Crippen molar-refractivity contribution >= 4 is 21.9 Å². The maximum Gasteiger partial charge on any atom is 0.375 e. The van der Waals surface area contributed by atoms with Gasteiger partial charge in [-0.25, -0.2) is 18.9 Å². The van der Waals surface area contributed by atoms with E-state index in [0.29, 0.717) is 10.3 Å². The van der Waals surface area contributed by atoms with Crippen molar-refractivity contribution in [1.82, 2.24) is 14.8 Å². The Hall–Kier alpha value is -1.76. The number of halogens is 2. The highest BCUT2D eigenvalue weighted by Crippen LogP contribution is 2.40. The first-order chi connectivity index (χ1) is 9.08. The number of para-hydroxylation sites is 1. The summed E-state index contributed by atoms with van der Waals surface area (Å²) >= 11 is 3.26. The van der Waals surface area contributed by atoms with E-state index < -0.39 is 11.8 Å². The van der Waals surface area contributed by atoms with Crippen LogP contribution in [0.5, 0.6) is 0 Å². The molecular formula is C12H9BrFN3O2. The van der Waals surface area contributed by atoms with E-state index in [1.54, 1.807) is 12.1 Å². The van der Waals surface area contributed by atoms with Gasteiger partial charge in [0.15, 0.2) is 0 Å². The molecule has 0 amide bonds. The molecule has 0 atom stereocenters. The fourth-order valence-electron chi connectivity index (χ4n) is 1.88. The number of benzene rings is 1. The second kappa shape index (κ2) is 4.41. The van der Waals surface area contributed by atoms with E-state index in [2.05, 4.69) is 26.0 Å². The minimum atomic E-state index is -1.21. The Labute approximate surface area is 116 Å². The molecule has 1 saturated carbocycles. The third kappa shape index (κ3) is 2.14. The molecule has 1 aliphatic rings. The quantitative estimate of drug-likeness (QED) is 0.942. The summed E-state index contributed by atoms with van der Waals surface area (Å²) in [7, 11) is 0. The van der Waals surface area contributed by atoms with E-state index >= 15 is 0 Å². The Morgan fingerprint density at radius 1 is 1.47 bits per heavy atom. The molecule has 5 nitrogen and oxygen atoms in total. The largest absolute Gasteiger partial charge is 0.475 e. The highest BCUT2D eigenvalue weighted by atomic mass is 79.9. The Morgan fingerprint density at radius 3 is 2.79 bits per heavy atom. The first kappa shape index (κ1) is 12.3.